The summed E-state index contributed by atoms with van der Waals surface area (Å²) in [7, 11) is 0. The summed E-state index contributed by atoms with van der Waals surface area (Å²) < 4.78 is 0. The summed E-state index contributed by atoms with van der Waals surface area (Å²) in [6.45, 7) is 8.87. The maximum Gasteiger partial charge on any atom is 1.00 e. The Kier molecular flexibility index (Phi) is 24.8. The molecule has 0 saturated heterocycles. The first kappa shape index (κ1) is 20.1. The van der Waals surface area contributed by atoms with Crippen LogP contribution in [0.5, 0.6) is 0 Å². The zero-order valence-electron chi connectivity index (χ0n) is 9.02. The summed E-state index contributed by atoms with van der Waals surface area (Å²) in [5, 5.41) is 0. The minimum Gasteiger partial charge on any atom is -0.355 e. The Bertz CT molecular complexity index is 52.6. The summed E-state index contributed by atoms with van der Waals surface area (Å²) in [5.41, 5.74) is 0. The van der Waals surface area contributed by atoms with Crippen LogP contribution in [0.3, 0.4) is 0 Å². The van der Waals surface area contributed by atoms with Gasteiger partial charge in [-0.05, 0) is 0 Å². The molecule has 0 fully saturated rings. The van der Waals surface area contributed by atoms with Gasteiger partial charge in [0.15, 0.2) is 0 Å². The van der Waals surface area contributed by atoms with Crippen LogP contribution in [-0.2, 0) is 0 Å². The van der Waals surface area contributed by atoms with E-state index in [1.54, 1.807) is 0 Å². The Hall–Kier alpha value is 3.61. The Morgan fingerprint density at radius 3 is 1.27 bits per heavy atom. The van der Waals surface area contributed by atoms with E-state index >= 15 is 0 Å². The Labute approximate surface area is 170 Å². The summed E-state index contributed by atoms with van der Waals surface area (Å²) in [6, 6.07) is 0. The van der Waals surface area contributed by atoms with Gasteiger partial charge < -0.3 is 19.3 Å². The molecule has 0 aliphatic rings. The summed E-state index contributed by atoms with van der Waals surface area (Å²) in [6.07, 6.45) is 5.83. The van der Waals surface area contributed by atoms with Crippen molar-refractivity contribution in [2.24, 2.45) is 11.8 Å². The van der Waals surface area contributed by atoms with Gasteiger partial charge >= 0.3 is 116 Å². The monoisotopic (exact) mass is 296 g/mol. The van der Waals surface area contributed by atoms with Crippen molar-refractivity contribution in [3.8, 4) is 0 Å². The average Bonchev–Trinajstić information content (AvgIpc) is 1.63. The van der Waals surface area contributed by atoms with Crippen molar-refractivity contribution < 1.29 is 116 Å². The number of rotatable bonds is 4. The maximum absolute atomic E-state index is 2.33. The molecule has 0 aliphatic carbocycles. The van der Waals surface area contributed by atoms with E-state index in [1.807, 2.05) is 0 Å². The number of hydrogen-bond acceptors (Lipinski definition) is 0. The second-order valence-corrected chi connectivity index (χ2v) is 3.20. The first-order valence-corrected chi connectivity index (χ1v) is 3.79. The van der Waals surface area contributed by atoms with Crippen molar-refractivity contribution in [2.45, 2.75) is 34.1 Å². The van der Waals surface area contributed by atoms with Crippen molar-refractivity contribution in [1.29, 1.82) is 0 Å². The minimum absolute atomic E-state index is 0. The molecule has 0 atom stereocenters. The smallest absolute Gasteiger partial charge is 0.355 e. The standard InChI is InChI=1S/C9H18.2Rb/c1-8(2)6-5-7-9(3)4;;/h6-9H,5H2,1-4H3;;/q-2;2*+1. The summed E-state index contributed by atoms with van der Waals surface area (Å²) in [5.74, 6) is 1.47. The van der Waals surface area contributed by atoms with Crippen LogP contribution in [-0.4, -0.2) is 0 Å². The molecule has 0 saturated carbocycles. The van der Waals surface area contributed by atoms with Crippen LogP contribution in [0.2, 0.25) is 0 Å². The molecule has 0 rings (SSSR count). The van der Waals surface area contributed by atoms with Crippen LogP contribution in [0.4, 0.5) is 0 Å². The second-order valence-electron chi connectivity index (χ2n) is 3.20. The van der Waals surface area contributed by atoms with E-state index in [0.717, 1.165) is 18.3 Å². The average molecular weight is 297 g/mol. The van der Waals surface area contributed by atoms with Crippen LogP contribution in [0, 0.1) is 24.7 Å². The zero-order chi connectivity index (χ0) is 7.28. The normalized spacial score (nSPS) is 9.27. The van der Waals surface area contributed by atoms with Crippen molar-refractivity contribution in [2.75, 3.05) is 0 Å². The van der Waals surface area contributed by atoms with E-state index in [0.29, 0.717) is 0 Å². The fraction of sp³-hybridized carbons (Fsp3) is 0.778. The summed E-state index contributed by atoms with van der Waals surface area (Å²) in [4.78, 5) is 0. The molecular formula is C9H18Rb2. The van der Waals surface area contributed by atoms with Gasteiger partial charge in [0.2, 0.25) is 0 Å². The summed E-state index contributed by atoms with van der Waals surface area (Å²) >= 11 is 0. The third-order valence-electron chi connectivity index (χ3n) is 1.21. The van der Waals surface area contributed by atoms with E-state index in [-0.39, 0.29) is 116 Å². The van der Waals surface area contributed by atoms with Crippen molar-refractivity contribution >= 4 is 0 Å². The topological polar surface area (TPSA) is 0 Å². The molecule has 0 aromatic carbocycles. The van der Waals surface area contributed by atoms with Gasteiger partial charge in [0, 0.05) is 0 Å². The van der Waals surface area contributed by atoms with Gasteiger partial charge in [0.1, 0.15) is 0 Å². The fourth-order valence-corrected chi connectivity index (χ4v) is 0.623. The predicted octanol–water partition coefficient (Wildman–Crippen LogP) is -2.89. The molecule has 0 spiro atoms. The van der Waals surface area contributed by atoms with E-state index < -0.39 is 0 Å². The second kappa shape index (κ2) is 13.6. The van der Waals surface area contributed by atoms with Crippen molar-refractivity contribution in [1.82, 2.24) is 0 Å². The third-order valence-corrected chi connectivity index (χ3v) is 1.21. The molecule has 0 nitrogen and oxygen atoms in total. The quantitative estimate of drug-likeness (QED) is 0.489. The van der Waals surface area contributed by atoms with Gasteiger partial charge in [-0.1, -0.05) is 27.7 Å². The molecule has 56 valence electrons. The van der Waals surface area contributed by atoms with E-state index in [1.165, 1.54) is 0 Å². The molecule has 0 N–H and O–H groups in total. The first-order valence-electron chi connectivity index (χ1n) is 3.79. The molecule has 0 bridgehead atoms. The Morgan fingerprint density at radius 1 is 0.818 bits per heavy atom. The van der Waals surface area contributed by atoms with Gasteiger partial charge in [-0.15, -0.1) is 0 Å². The Balaban J connectivity index is -0.000000320. The molecule has 0 heterocycles. The molecule has 0 unspecified atom stereocenters. The number of hydrogen-bond donors (Lipinski definition) is 0. The van der Waals surface area contributed by atoms with Crippen LogP contribution in [0.25, 0.3) is 0 Å². The molecule has 0 aromatic heterocycles. The molecule has 0 aliphatic heterocycles. The van der Waals surface area contributed by atoms with E-state index in [2.05, 4.69) is 40.5 Å². The van der Waals surface area contributed by atoms with Gasteiger partial charge in [-0.2, -0.15) is 11.8 Å². The van der Waals surface area contributed by atoms with Crippen molar-refractivity contribution in [3.05, 3.63) is 12.8 Å². The van der Waals surface area contributed by atoms with E-state index in [9.17, 15) is 0 Å². The molecule has 0 amide bonds. The molecular weight excluding hydrogens is 279 g/mol. The van der Waals surface area contributed by atoms with E-state index in [4.69, 9.17) is 0 Å². The molecule has 11 heavy (non-hydrogen) atoms. The van der Waals surface area contributed by atoms with Crippen molar-refractivity contribution in [3.63, 3.8) is 0 Å². The fourth-order valence-electron chi connectivity index (χ4n) is 0.623. The van der Waals surface area contributed by atoms with Crippen LogP contribution in [0.1, 0.15) is 34.1 Å². The van der Waals surface area contributed by atoms with Gasteiger partial charge in [-0.3, -0.25) is 0 Å². The molecule has 0 aromatic rings. The molecule has 2 heteroatoms. The molecule has 0 radical (unpaired) electrons. The van der Waals surface area contributed by atoms with Crippen LogP contribution >= 0.6 is 0 Å². The van der Waals surface area contributed by atoms with Crippen LogP contribution in [0.15, 0.2) is 0 Å². The largest absolute Gasteiger partial charge is 1.00 e. The predicted molar refractivity (Wildman–Crippen MR) is 42.9 cm³/mol. The SMILES string of the molecule is CC(C)[CH-]C[CH-]C(C)C.[Rb+].[Rb+]. The first-order chi connectivity index (χ1) is 4.13. The van der Waals surface area contributed by atoms with Gasteiger partial charge in [-0.25, -0.2) is 0 Å². The Morgan fingerprint density at radius 2 is 1.09 bits per heavy atom. The van der Waals surface area contributed by atoms with Gasteiger partial charge in [0.25, 0.3) is 0 Å². The van der Waals surface area contributed by atoms with Gasteiger partial charge in [0.05, 0.1) is 0 Å². The zero-order valence-corrected chi connectivity index (χ0v) is 18.8. The maximum atomic E-state index is 2.33. The van der Waals surface area contributed by atoms with Crippen LogP contribution < -0.4 is 116 Å². The third kappa shape index (κ3) is 19.9. The minimum atomic E-state index is 0.